The lowest BCUT2D eigenvalue weighted by atomic mass is 9.85. The second kappa shape index (κ2) is 14.3. The average molecular weight is 427 g/mol. The van der Waals surface area contributed by atoms with E-state index in [1.807, 2.05) is 24.8 Å². The molecule has 0 saturated heterocycles. The van der Waals surface area contributed by atoms with Crippen LogP contribution >= 0.6 is 11.8 Å². The third-order valence-electron chi connectivity index (χ3n) is 5.98. The summed E-state index contributed by atoms with van der Waals surface area (Å²) in [7, 11) is 1.42. The number of ether oxygens (including phenoxy) is 1. The number of thioether (sulfide) groups is 1. The fourth-order valence-corrected chi connectivity index (χ4v) is 5.01. The maximum atomic E-state index is 11.2. The SMILES string of the molecule is CCCCCC(C)(O)/C=C/[C@H]1[C@H](CSC)C[C@H](O)[C@@H]1C/C=C\CCCC(=O)OC. The number of esters is 1. The average Bonchev–Trinajstić information content (AvgIpc) is 2.97. The van der Waals surface area contributed by atoms with Crippen molar-refractivity contribution in [3.8, 4) is 0 Å². The first-order chi connectivity index (χ1) is 13.8. The Kier molecular flexibility index (Phi) is 12.9. The van der Waals surface area contributed by atoms with Crippen molar-refractivity contribution in [1.29, 1.82) is 0 Å². The first-order valence-electron chi connectivity index (χ1n) is 11.1. The monoisotopic (exact) mass is 426 g/mol. The second-order valence-electron chi connectivity index (χ2n) is 8.61. The van der Waals surface area contributed by atoms with E-state index in [2.05, 4.69) is 36.1 Å². The van der Waals surface area contributed by atoms with E-state index >= 15 is 0 Å². The van der Waals surface area contributed by atoms with E-state index in [1.54, 1.807) is 0 Å². The third kappa shape index (κ3) is 10.2. The molecule has 0 spiro atoms. The van der Waals surface area contributed by atoms with Gasteiger partial charge in [-0.2, -0.15) is 11.8 Å². The molecule has 168 valence electrons. The number of hydrogen-bond donors (Lipinski definition) is 2. The molecule has 29 heavy (non-hydrogen) atoms. The standard InChI is InChI=1S/C24H42O4S/c1-5-6-11-15-24(2,27)16-14-20-19(18-29-4)17-22(25)21(20)12-9-7-8-10-13-23(26)28-3/h7,9,14,16,19-22,25,27H,5-6,8,10-13,15,17-18H2,1-4H3/b9-7-,16-14+/t19-,20-,21+,22-,24?/m0/s1. The fraction of sp³-hybridized carbons (Fsp3) is 0.792. The molecule has 1 fully saturated rings. The number of hydrogen-bond acceptors (Lipinski definition) is 5. The minimum absolute atomic E-state index is 0.166. The van der Waals surface area contributed by atoms with Crippen LogP contribution in [0.4, 0.5) is 0 Å². The molecule has 1 aliphatic carbocycles. The summed E-state index contributed by atoms with van der Waals surface area (Å²) in [4.78, 5) is 11.2. The van der Waals surface area contributed by atoms with Crippen molar-refractivity contribution >= 4 is 17.7 Å². The summed E-state index contributed by atoms with van der Waals surface area (Å²) >= 11 is 1.83. The van der Waals surface area contributed by atoms with Crippen molar-refractivity contribution in [3.63, 3.8) is 0 Å². The van der Waals surface area contributed by atoms with Gasteiger partial charge in [-0.1, -0.05) is 50.5 Å². The minimum atomic E-state index is -0.777. The van der Waals surface area contributed by atoms with Gasteiger partial charge in [-0.05, 0) is 68.8 Å². The number of carbonyl (C=O) groups excluding carboxylic acids is 1. The lowest BCUT2D eigenvalue weighted by Gasteiger charge is -2.24. The molecule has 0 aliphatic heterocycles. The summed E-state index contributed by atoms with van der Waals surface area (Å²) < 4.78 is 4.66. The van der Waals surface area contributed by atoms with Gasteiger partial charge in [0, 0.05) is 6.42 Å². The molecule has 5 atom stereocenters. The molecule has 0 amide bonds. The maximum Gasteiger partial charge on any atom is 0.305 e. The molecule has 1 saturated carbocycles. The number of rotatable bonds is 14. The van der Waals surface area contributed by atoms with Gasteiger partial charge in [-0.15, -0.1) is 0 Å². The number of aliphatic hydroxyl groups excluding tert-OH is 1. The zero-order valence-corrected chi connectivity index (χ0v) is 19.6. The van der Waals surface area contributed by atoms with Crippen LogP contribution in [0.15, 0.2) is 24.3 Å². The summed E-state index contributed by atoms with van der Waals surface area (Å²) in [5.41, 5.74) is -0.777. The van der Waals surface area contributed by atoms with Crippen LogP contribution in [0.1, 0.15) is 71.6 Å². The summed E-state index contributed by atoms with van der Waals surface area (Å²) in [6, 6.07) is 0. The van der Waals surface area contributed by atoms with E-state index in [4.69, 9.17) is 0 Å². The Morgan fingerprint density at radius 1 is 1.28 bits per heavy atom. The molecule has 1 aliphatic rings. The molecule has 0 aromatic heterocycles. The topological polar surface area (TPSA) is 66.8 Å². The van der Waals surface area contributed by atoms with Crippen LogP contribution in [0, 0.1) is 17.8 Å². The molecular formula is C24H42O4S. The molecule has 1 rings (SSSR count). The predicted octanol–water partition coefficient (Wildman–Crippen LogP) is 5.14. The molecule has 1 unspecified atom stereocenters. The first kappa shape index (κ1) is 26.3. The zero-order chi connectivity index (χ0) is 21.7. The molecule has 4 nitrogen and oxygen atoms in total. The van der Waals surface area contributed by atoms with Crippen molar-refractivity contribution in [2.45, 2.75) is 83.3 Å². The van der Waals surface area contributed by atoms with E-state index in [0.717, 1.165) is 57.1 Å². The van der Waals surface area contributed by atoms with Crippen molar-refractivity contribution in [3.05, 3.63) is 24.3 Å². The molecule has 0 radical (unpaired) electrons. The maximum absolute atomic E-state index is 11.2. The van der Waals surface area contributed by atoms with Gasteiger partial charge in [-0.3, -0.25) is 4.79 Å². The molecule has 0 heterocycles. The number of methoxy groups -OCH3 is 1. The van der Waals surface area contributed by atoms with Gasteiger partial charge < -0.3 is 14.9 Å². The van der Waals surface area contributed by atoms with E-state index in [9.17, 15) is 15.0 Å². The molecule has 5 heteroatoms. The highest BCUT2D eigenvalue weighted by molar-refractivity contribution is 7.98. The lowest BCUT2D eigenvalue weighted by molar-refractivity contribution is -0.140. The van der Waals surface area contributed by atoms with Crippen LogP contribution in [-0.4, -0.2) is 47.0 Å². The zero-order valence-electron chi connectivity index (χ0n) is 18.8. The van der Waals surface area contributed by atoms with Crippen molar-refractivity contribution in [2.24, 2.45) is 17.8 Å². The normalized spacial score (nSPS) is 27.0. The van der Waals surface area contributed by atoms with Gasteiger partial charge in [0.25, 0.3) is 0 Å². The molecule has 0 aromatic carbocycles. The number of unbranched alkanes of at least 4 members (excludes halogenated alkanes) is 3. The van der Waals surface area contributed by atoms with E-state index < -0.39 is 5.60 Å². The van der Waals surface area contributed by atoms with Gasteiger partial charge in [0.15, 0.2) is 0 Å². The highest BCUT2D eigenvalue weighted by atomic mass is 32.2. The Bertz CT molecular complexity index is 515. The highest BCUT2D eigenvalue weighted by Crippen LogP contribution is 2.42. The number of aliphatic hydroxyl groups is 2. The Morgan fingerprint density at radius 3 is 2.69 bits per heavy atom. The summed E-state index contributed by atoms with van der Waals surface area (Å²) in [6.45, 7) is 4.06. The second-order valence-corrected chi connectivity index (χ2v) is 9.52. The predicted molar refractivity (Wildman–Crippen MR) is 123 cm³/mol. The fourth-order valence-electron chi connectivity index (χ4n) is 4.23. The van der Waals surface area contributed by atoms with E-state index in [0.29, 0.717) is 12.3 Å². The smallest absolute Gasteiger partial charge is 0.305 e. The first-order valence-corrected chi connectivity index (χ1v) is 12.5. The van der Waals surface area contributed by atoms with Crippen molar-refractivity contribution in [2.75, 3.05) is 19.1 Å². The van der Waals surface area contributed by atoms with Crippen LogP contribution < -0.4 is 0 Å². The summed E-state index contributed by atoms with van der Waals surface area (Å²) in [5, 5.41) is 21.4. The summed E-state index contributed by atoms with van der Waals surface area (Å²) in [5.74, 6) is 1.78. The highest BCUT2D eigenvalue weighted by Gasteiger charge is 2.40. The van der Waals surface area contributed by atoms with Gasteiger partial charge >= 0.3 is 5.97 Å². The van der Waals surface area contributed by atoms with Gasteiger partial charge in [0.1, 0.15) is 0 Å². The quantitative estimate of drug-likeness (QED) is 0.229. The van der Waals surface area contributed by atoms with Gasteiger partial charge in [0.05, 0.1) is 18.8 Å². The van der Waals surface area contributed by atoms with Crippen LogP contribution in [0.2, 0.25) is 0 Å². The Hall–Kier alpha value is -0.780. The van der Waals surface area contributed by atoms with Crippen LogP contribution in [0.5, 0.6) is 0 Å². The Labute approximate surface area is 182 Å². The van der Waals surface area contributed by atoms with Crippen LogP contribution in [0.25, 0.3) is 0 Å². The Morgan fingerprint density at radius 2 is 2.03 bits per heavy atom. The summed E-state index contributed by atoms with van der Waals surface area (Å²) in [6.07, 6.45) is 18.1. The van der Waals surface area contributed by atoms with Crippen LogP contribution in [-0.2, 0) is 9.53 Å². The number of carbonyl (C=O) groups is 1. The van der Waals surface area contributed by atoms with Crippen molar-refractivity contribution < 1.29 is 19.7 Å². The van der Waals surface area contributed by atoms with E-state index in [-0.39, 0.29) is 23.9 Å². The molecule has 2 N–H and O–H groups in total. The third-order valence-corrected chi connectivity index (χ3v) is 6.74. The largest absolute Gasteiger partial charge is 0.469 e. The van der Waals surface area contributed by atoms with E-state index in [1.165, 1.54) is 7.11 Å². The minimum Gasteiger partial charge on any atom is -0.469 e. The van der Waals surface area contributed by atoms with Gasteiger partial charge in [0.2, 0.25) is 0 Å². The number of allylic oxidation sites excluding steroid dienone is 3. The molecule has 0 bridgehead atoms. The van der Waals surface area contributed by atoms with Gasteiger partial charge in [-0.25, -0.2) is 0 Å². The molecule has 0 aromatic rings. The lowest BCUT2D eigenvalue weighted by Crippen LogP contribution is -2.23. The Balaban J connectivity index is 2.67. The van der Waals surface area contributed by atoms with Crippen molar-refractivity contribution in [1.82, 2.24) is 0 Å². The molecular weight excluding hydrogens is 384 g/mol. The van der Waals surface area contributed by atoms with Crippen LogP contribution in [0.3, 0.4) is 0 Å².